The molecule has 0 saturated heterocycles. The van der Waals surface area contributed by atoms with Crippen molar-refractivity contribution < 1.29 is 9.53 Å². The largest absolute Gasteiger partial charge is 0.458 e. The minimum Gasteiger partial charge on any atom is -0.458 e. The number of hydrogen-bond acceptors (Lipinski definition) is 3. The van der Waals surface area contributed by atoms with Crippen LogP contribution >= 0.6 is 0 Å². The molecule has 0 aliphatic rings. The Morgan fingerprint density at radius 3 is 2.50 bits per heavy atom. The molecule has 0 amide bonds. The summed E-state index contributed by atoms with van der Waals surface area (Å²) in [7, 11) is 0. The molecule has 112 valence electrons. The second kappa shape index (κ2) is 10.4. The van der Waals surface area contributed by atoms with Crippen LogP contribution in [0.4, 0.5) is 0 Å². The van der Waals surface area contributed by atoms with E-state index in [4.69, 9.17) is 4.74 Å². The number of esters is 1. The van der Waals surface area contributed by atoms with Crippen LogP contribution in [-0.4, -0.2) is 17.1 Å². The van der Waals surface area contributed by atoms with Crippen molar-refractivity contribution in [1.29, 1.82) is 0 Å². The van der Waals surface area contributed by atoms with Crippen molar-refractivity contribution in [3.05, 3.63) is 30.1 Å². The van der Waals surface area contributed by atoms with Gasteiger partial charge in [-0.3, -0.25) is 0 Å². The van der Waals surface area contributed by atoms with Gasteiger partial charge in [0.25, 0.3) is 0 Å². The molecule has 3 heteroatoms. The number of carbonyl (C=O) groups is 1. The summed E-state index contributed by atoms with van der Waals surface area (Å²) in [6.45, 7) is 4.37. The van der Waals surface area contributed by atoms with Crippen molar-refractivity contribution >= 4 is 5.97 Å². The fourth-order valence-electron chi connectivity index (χ4n) is 2.19. The van der Waals surface area contributed by atoms with Crippen LogP contribution in [0.25, 0.3) is 0 Å². The Hall–Kier alpha value is -1.38. The number of unbranched alkanes of at least 4 members (excludes halogenated alkanes) is 4. The zero-order valence-electron chi connectivity index (χ0n) is 12.8. The molecule has 0 aromatic carbocycles. The van der Waals surface area contributed by atoms with Gasteiger partial charge in [0, 0.05) is 6.20 Å². The average Bonchev–Trinajstić information content (AvgIpc) is 2.49. The Morgan fingerprint density at radius 2 is 1.85 bits per heavy atom. The van der Waals surface area contributed by atoms with Gasteiger partial charge in [0.1, 0.15) is 11.8 Å². The zero-order chi connectivity index (χ0) is 14.6. The third kappa shape index (κ3) is 6.69. The van der Waals surface area contributed by atoms with Gasteiger partial charge in [-0.05, 0) is 31.4 Å². The summed E-state index contributed by atoms with van der Waals surface area (Å²) in [6, 6.07) is 5.32. The lowest BCUT2D eigenvalue weighted by Crippen LogP contribution is -2.19. The molecule has 0 aliphatic carbocycles. The maximum Gasteiger partial charge on any atom is 0.357 e. The highest BCUT2D eigenvalue weighted by molar-refractivity contribution is 5.87. The second-order valence-electron chi connectivity index (χ2n) is 5.23. The van der Waals surface area contributed by atoms with Crippen molar-refractivity contribution in [3.8, 4) is 0 Å². The highest BCUT2D eigenvalue weighted by Gasteiger charge is 2.16. The van der Waals surface area contributed by atoms with E-state index in [2.05, 4.69) is 18.8 Å². The molecule has 0 aliphatic heterocycles. The maximum absolute atomic E-state index is 12.0. The van der Waals surface area contributed by atoms with Gasteiger partial charge in [-0.1, -0.05) is 52.0 Å². The lowest BCUT2D eigenvalue weighted by Gasteiger charge is -2.17. The maximum atomic E-state index is 12.0. The van der Waals surface area contributed by atoms with Gasteiger partial charge < -0.3 is 4.74 Å². The van der Waals surface area contributed by atoms with E-state index in [0.29, 0.717) is 5.69 Å². The fourth-order valence-corrected chi connectivity index (χ4v) is 2.19. The number of pyridine rings is 1. The first-order chi connectivity index (χ1) is 9.77. The van der Waals surface area contributed by atoms with Crippen molar-refractivity contribution in [2.75, 3.05) is 0 Å². The molecule has 1 atom stereocenters. The van der Waals surface area contributed by atoms with Gasteiger partial charge in [0.2, 0.25) is 0 Å². The SMILES string of the molecule is CCCCCCC(CCCC)OC(=O)c1ccccn1. The second-order valence-corrected chi connectivity index (χ2v) is 5.23. The number of ether oxygens (including phenoxy) is 1. The first-order valence-corrected chi connectivity index (χ1v) is 7.90. The quantitative estimate of drug-likeness (QED) is 0.457. The molecule has 1 rings (SSSR count). The topological polar surface area (TPSA) is 39.2 Å². The molecule has 3 nitrogen and oxygen atoms in total. The van der Waals surface area contributed by atoms with Gasteiger partial charge in [-0.25, -0.2) is 9.78 Å². The van der Waals surface area contributed by atoms with Gasteiger partial charge in [-0.15, -0.1) is 0 Å². The lowest BCUT2D eigenvalue weighted by atomic mass is 10.0. The van der Waals surface area contributed by atoms with Gasteiger partial charge in [-0.2, -0.15) is 0 Å². The third-order valence-corrected chi connectivity index (χ3v) is 3.41. The monoisotopic (exact) mass is 277 g/mol. The molecule has 1 aromatic heterocycles. The third-order valence-electron chi connectivity index (χ3n) is 3.41. The Kier molecular flexibility index (Phi) is 8.68. The highest BCUT2D eigenvalue weighted by Crippen LogP contribution is 2.15. The van der Waals surface area contributed by atoms with Gasteiger partial charge in [0.15, 0.2) is 0 Å². The van der Waals surface area contributed by atoms with Gasteiger partial charge in [0.05, 0.1) is 0 Å². The van der Waals surface area contributed by atoms with Crippen molar-refractivity contribution in [1.82, 2.24) is 4.98 Å². The first-order valence-electron chi connectivity index (χ1n) is 7.90. The van der Waals surface area contributed by atoms with E-state index in [0.717, 1.165) is 32.1 Å². The molecule has 1 heterocycles. The molecule has 0 radical (unpaired) electrons. The normalized spacial score (nSPS) is 12.1. The summed E-state index contributed by atoms with van der Waals surface area (Å²) < 4.78 is 5.62. The highest BCUT2D eigenvalue weighted by atomic mass is 16.5. The van der Waals surface area contributed by atoms with Crippen LogP contribution in [0.15, 0.2) is 24.4 Å². The van der Waals surface area contributed by atoms with Crippen molar-refractivity contribution in [2.24, 2.45) is 0 Å². The Balaban J connectivity index is 2.44. The Morgan fingerprint density at radius 1 is 1.10 bits per heavy atom. The Labute approximate surface area is 122 Å². The fraction of sp³-hybridized carbons (Fsp3) is 0.647. The first kappa shape index (κ1) is 16.7. The number of carbonyl (C=O) groups excluding carboxylic acids is 1. The van der Waals surface area contributed by atoms with Crippen LogP contribution in [-0.2, 0) is 4.74 Å². The summed E-state index contributed by atoms with van der Waals surface area (Å²) in [5, 5.41) is 0. The zero-order valence-corrected chi connectivity index (χ0v) is 12.8. The standard InChI is InChI=1S/C17H27NO2/c1-3-5-7-8-12-15(11-6-4-2)20-17(19)16-13-9-10-14-18-16/h9-10,13-15H,3-8,11-12H2,1-2H3. The predicted octanol–water partition coefficient (Wildman–Crippen LogP) is 4.77. The molecule has 1 unspecified atom stereocenters. The van der Waals surface area contributed by atoms with Crippen LogP contribution in [0.3, 0.4) is 0 Å². The van der Waals surface area contributed by atoms with E-state index >= 15 is 0 Å². The summed E-state index contributed by atoms with van der Waals surface area (Å²) in [5.41, 5.74) is 0.405. The van der Waals surface area contributed by atoms with Crippen LogP contribution in [0, 0.1) is 0 Å². The summed E-state index contributed by atoms with van der Waals surface area (Å²) in [6.07, 6.45) is 10.7. The summed E-state index contributed by atoms with van der Waals surface area (Å²) >= 11 is 0. The summed E-state index contributed by atoms with van der Waals surface area (Å²) in [4.78, 5) is 16.1. The molecule has 0 N–H and O–H groups in total. The van der Waals surface area contributed by atoms with Crippen LogP contribution < -0.4 is 0 Å². The van der Waals surface area contributed by atoms with Crippen molar-refractivity contribution in [3.63, 3.8) is 0 Å². The molecule has 0 bridgehead atoms. The predicted molar refractivity (Wildman–Crippen MR) is 81.7 cm³/mol. The van der Waals surface area contributed by atoms with E-state index in [1.54, 1.807) is 18.3 Å². The molecule has 1 aromatic rings. The minimum atomic E-state index is -0.290. The van der Waals surface area contributed by atoms with Crippen molar-refractivity contribution in [2.45, 2.75) is 71.3 Å². The van der Waals surface area contributed by atoms with Crippen LogP contribution in [0.2, 0.25) is 0 Å². The number of aromatic nitrogens is 1. The van der Waals surface area contributed by atoms with E-state index in [9.17, 15) is 4.79 Å². The van der Waals surface area contributed by atoms with E-state index < -0.39 is 0 Å². The number of nitrogens with zero attached hydrogens (tertiary/aromatic N) is 1. The molecule has 20 heavy (non-hydrogen) atoms. The van der Waals surface area contributed by atoms with Crippen LogP contribution in [0.1, 0.15) is 75.7 Å². The smallest absolute Gasteiger partial charge is 0.357 e. The molecule has 0 fully saturated rings. The molecule has 0 saturated carbocycles. The Bertz CT molecular complexity index is 365. The average molecular weight is 277 g/mol. The lowest BCUT2D eigenvalue weighted by molar-refractivity contribution is 0.0243. The van der Waals surface area contributed by atoms with Gasteiger partial charge >= 0.3 is 5.97 Å². The van der Waals surface area contributed by atoms with E-state index in [-0.39, 0.29) is 12.1 Å². The van der Waals surface area contributed by atoms with Crippen LogP contribution in [0.5, 0.6) is 0 Å². The minimum absolute atomic E-state index is 0.0429. The van der Waals surface area contributed by atoms with E-state index in [1.807, 2.05) is 6.07 Å². The number of rotatable bonds is 10. The molecular formula is C17H27NO2. The summed E-state index contributed by atoms with van der Waals surface area (Å²) in [5.74, 6) is -0.290. The van der Waals surface area contributed by atoms with E-state index in [1.165, 1.54) is 19.3 Å². The molecular weight excluding hydrogens is 250 g/mol. The number of hydrogen-bond donors (Lipinski definition) is 0. The molecule has 0 spiro atoms.